The number of allylic oxidation sites excluding steroid dienone is 2. The zero-order chi connectivity index (χ0) is 15.0. The second-order valence-corrected chi connectivity index (χ2v) is 5.94. The van der Waals surface area contributed by atoms with Crippen LogP contribution in [0, 0.1) is 11.8 Å². The molecule has 0 aliphatic rings. The summed E-state index contributed by atoms with van der Waals surface area (Å²) in [6.07, 6.45) is 3.43. The van der Waals surface area contributed by atoms with Crippen LogP contribution in [0.15, 0.2) is 28.8 Å². The van der Waals surface area contributed by atoms with Gasteiger partial charge in [-0.3, -0.25) is 4.99 Å². The van der Waals surface area contributed by atoms with Crippen molar-refractivity contribution in [3.8, 4) is 0 Å². The van der Waals surface area contributed by atoms with Crippen molar-refractivity contribution in [2.24, 2.45) is 16.8 Å². The Bertz CT molecular complexity index is 337. The van der Waals surface area contributed by atoms with E-state index in [1.54, 1.807) is 0 Å². The van der Waals surface area contributed by atoms with Gasteiger partial charge < -0.3 is 4.90 Å². The quantitative estimate of drug-likeness (QED) is 0.474. The minimum absolute atomic E-state index is 0.358. The van der Waals surface area contributed by atoms with E-state index in [2.05, 4.69) is 64.2 Å². The molecule has 0 saturated carbocycles. The predicted octanol–water partition coefficient (Wildman–Crippen LogP) is 4.19. The van der Waals surface area contributed by atoms with Gasteiger partial charge in [-0.1, -0.05) is 38.5 Å². The molecule has 0 aromatic heterocycles. The van der Waals surface area contributed by atoms with E-state index in [1.165, 1.54) is 17.6 Å². The first-order valence-electron chi connectivity index (χ1n) is 7.31. The monoisotopic (exact) mass is 264 g/mol. The smallest absolute Gasteiger partial charge is 0.0418 e. The molecule has 110 valence electrons. The van der Waals surface area contributed by atoms with E-state index in [9.17, 15) is 0 Å². The Hall–Kier alpha value is -0.890. The highest BCUT2D eigenvalue weighted by molar-refractivity contribution is 5.99. The maximum absolute atomic E-state index is 4.49. The third-order valence-electron chi connectivity index (χ3n) is 3.29. The van der Waals surface area contributed by atoms with Gasteiger partial charge in [-0.15, -0.1) is 0 Å². The van der Waals surface area contributed by atoms with Crippen molar-refractivity contribution < 1.29 is 0 Å². The van der Waals surface area contributed by atoms with E-state index in [0.29, 0.717) is 11.8 Å². The lowest BCUT2D eigenvalue weighted by atomic mass is 9.84. The molecule has 0 fully saturated rings. The van der Waals surface area contributed by atoms with Gasteiger partial charge in [0.15, 0.2) is 0 Å². The summed E-state index contributed by atoms with van der Waals surface area (Å²) in [5.74, 6) is 0.894. The Morgan fingerprint density at radius 2 is 1.89 bits per heavy atom. The largest absolute Gasteiger partial charge is 0.302 e. The average Bonchev–Trinajstić information content (AvgIpc) is 2.26. The fraction of sp³-hybridized carbons (Fsp3) is 0.706. The van der Waals surface area contributed by atoms with Gasteiger partial charge in [-0.25, -0.2) is 0 Å². The number of nitrogens with zero attached hydrogens (tertiary/aromatic N) is 2. The molecule has 0 aliphatic heterocycles. The summed E-state index contributed by atoms with van der Waals surface area (Å²) in [5.41, 5.74) is 3.72. The van der Waals surface area contributed by atoms with Crippen molar-refractivity contribution in [2.45, 2.75) is 41.0 Å². The lowest BCUT2D eigenvalue weighted by Gasteiger charge is -2.22. The van der Waals surface area contributed by atoms with E-state index in [4.69, 9.17) is 0 Å². The maximum atomic E-state index is 4.49. The van der Waals surface area contributed by atoms with Gasteiger partial charge in [-0.05, 0) is 45.9 Å². The number of hydrogen-bond donors (Lipinski definition) is 0. The molecule has 0 aromatic carbocycles. The first-order valence-corrected chi connectivity index (χ1v) is 7.31. The molecule has 0 spiro atoms. The second-order valence-electron chi connectivity index (χ2n) is 5.94. The molecule has 1 unspecified atom stereocenters. The average molecular weight is 264 g/mol. The Balaban J connectivity index is 4.92. The van der Waals surface area contributed by atoms with Crippen LogP contribution in [0.5, 0.6) is 0 Å². The molecule has 1 atom stereocenters. The van der Waals surface area contributed by atoms with E-state index in [1.807, 2.05) is 7.05 Å². The van der Waals surface area contributed by atoms with Gasteiger partial charge in [0.2, 0.25) is 0 Å². The van der Waals surface area contributed by atoms with Crippen LogP contribution in [0.25, 0.3) is 0 Å². The molecule has 0 radical (unpaired) electrons. The summed E-state index contributed by atoms with van der Waals surface area (Å²) in [6.45, 7) is 17.2. The molecule has 0 N–H and O–H groups in total. The standard InChI is InChI=1S/C17H32N2/c1-9-10-19(8)12-15(6)11-16(18-7)17(13(2)3)14(4)5/h11,14,17H,2,9-10,12H2,1,3-8H3/b15-11+,18-16+. The van der Waals surface area contributed by atoms with Gasteiger partial charge >= 0.3 is 0 Å². The van der Waals surface area contributed by atoms with Crippen LogP contribution in [0.1, 0.15) is 41.0 Å². The Morgan fingerprint density at radius 1 is 1.32 bits per heavy atom. The number of rotatable bonds is 8. The molecule has 0 rings (SSSR count). The van der Waals surface area contributed by atoms with Crippen molar-refractivity contribution in [2.75, 3.05) is 27.2 Å². The van der Waals surface area contributed by atoms with Crippen LogP contribution < -0.4 is 0 Å². The van der Waals surface area contributed by atoms with Crippen LogP contribution in [0.2, 0.25) is 0 Å². The fourth-order valence-corrected chi connectivity index (χ4v) is 2.64. The van der Waals surface area contributed by atoms with Crippen molar-refractivity contribution in [1.82, 2.24) is 4.90 Å². The zero-order valence-electron chi connectivity index (χ0n) is 14.0. The summed E-state index contributed by atoms with van der Waals surface area (Å²) in [6, 6.07) is 0. The van der Waals surface area contributed by atoms with Gasteiger partial charge in [-0.2, -0.15) is 0 Å². The Kier molecular flexibility index (Phi) is 8.66. The predicted molar refractivity (Wildman–Crippen MR) is 88.0 cm³/mol. The van der Waals surface area contributed by atoms with Crippen molar-refractivity contribution in [3.63, 3.8) is 0 Å². The highest BCUT2D eigenvalue weighted by Gasteiger charge is 2.18. The van der Waals surface area contributed by atoms with Crippen LogP contribution in [-0.4, -0.2) is 37.8 Å². The van der Waals surface area contributed by atoms with Crippen LogP contribution in [-0.2, 0) is 0 Å². The Labute approximate surface area is 120 Å². The first kappa shape index (κ1) is 18.1. The minimum Gasteiger partial charge on any atom is -0.302 e. The second kappa shape index (κ2) is 9.08. The number of aliphatic imine (C=N–C) groups is 1. The first-order chi connectivity index (χ1) is 8.83. The summed E-state index contributed by atoms with van der Waals surface area (Å²) < 4.78 is 0. The zero-order valence-corrected chi connectivity index (χ0v) is 14.0. The highest BCUT2D eigenvalue weighted by atomic mass is 15.1. The van der Waals surface area contributed by atoms with Crippen LogP contribution in [0.3, 0.4) is 0 Å². The third kappa shape index (κ3) is 6.72. The molecule has 0 amide bonds. The number of likely N-dealkylation sites (N-methyl/N-ethyl adjacent to an activating group) is 1. The fourth-order valence-electron chi connectivity index (χ4n) is 2.64. The van der Waals surface area contributed by atoms with Crippen molar-refractivity contribution >= 4 is 5.71 Å². The lowest BCUT2D eigenvalue weighted by molar-refractivity contribution is 0.363. The molecule has 2 nitrogen and oxygen atoms in total. The van der Waals surface area contributed by atoms with E-state index in [-0.39, 0.29) is 0 Å². The van der Waals surface area contributed by atoms with Crippen molar-refractivity contribution in [3.05, 3.63) is 23.8 Å². The molecular formula is C17H32N2. The molecule has 2 heteroatoms. The maximum Gasteiger partial charge on any atom is 0.0418 e. The van der Waals surface area contributed by atoms with E-state index >= 15 is 0 Å². The van der Waals surface area contributed by atoms with Gasteiger partial charge in [0.25, 0.3) is 0 Å². The molecule has 0 aromatic rings. The van der Waals surface area contributed by atoms with Crippen LogP contribution in [0.4, 0.5) is 0 Å². The summed E-state index contributed by atoms with van der Waals surface area (Å²) in [5, 5.41) is 0. The van der Waals surface area contributed by atoms with E-state index < -0.39 is 0 Å². The molecular weight excluding hydrogens is 232 g/mol. The molecule has 0 saturated heterocycles. The minimum atomic E-state index is 0.358. The van der Waals surface area contributed by atoms with Gasteiger partial charge in [0.1, 0.15) is 0 Å². The van der Waals surface area contributed by atoms with Gasteiger partial charge in [0, 0.05) is 25.2 Å². The molecule has 0 aliphatic carbocycles. The Morgan fingerprint density at radius 3 is 2.26 bits per heavy atom. The van der Waals surface area contributed by atoms with Gasteiger partial charge in [0.05, 0.1) is 0 Å². The SMILES string of the molecule is C=C(C)C(C(/C=C(\C)CN(C)CCC)=N/C)C(C)C. The lowest BCUT2D eigenvalue weighted by Crippen LogP contribution is -2.23. The normalized spacial score (nSPS) is 15.2. The van der Waals surface area contributed by atoms with E-state index in [0.717, 1.165) is 18.8 Å². The summed E-state index contributed by atoms with van der Waals surface area (Å²) >= 11 is 0. The molecule has 0 bridgehead atoms. The highest BCUT2D eigenvalue weighted by Crippen LogP contribution is 2.22. The van der Waals surface area contributed by atoms with Crippen LogP contribution >= 0.6 is 0 Å². The molecule has 19 heavy (non-hydrogen) atoms. The number of hydrogen-bond acceptors (Lipinski definition) is 2. The molecule has 0 heterocycles. The third-order valence-corrected chi connectivity index (χ3v) is 3.29. The summed E-state index contributed by atoms with van der Waals surface area (Å²) in [4.78, 5) is 6.84. The topological polar surface area (TPSA) is 15.6 Å². The summed E-state index contributed by atoms with van der Waals surface area (Å²) in [7, 11) is 4.05. The van der Waals surface area contributed by atoms with Crippen molar-refractivity contribution in [1.29, 1.82) is 0 Å².